The summed E-state index contributed by atoms with van der Waals surface area (Å²) in [4.78, 5) is 32.7. The number of carbonyl (C=O) groups excluding carboxylic acids is 1. The van der Waals surface area contributed by atoms with Gasteiger partial charge in [0.25, 0.3) is 11.3 Å². The van der Waals surface area contributed by atoms with Crippen molar-refractivity contribution in [3.8, 4) is 0 Å². The van der Waals surface area contributed by atoms with Crippen molar-refractivity contribution >= 4 is 22.7 Å². The van der Waals surface area contributed by atoms with E-state index in [1.807, 2.05) is 4.90 Å². The highest BCUT2D eigenvalue weighted by molar-refractivity contribution is 5.78. The van der Waals surface area contributed by atoms with Crippen molar-refractivity contribution in [2.24, 2.45) is 0 Å². The van der Waals surface area contributed by atoms with E-state index in [1.54, 1.807) is 30.0 Å². The molecule has 0 bridgehead atoms. The smallest absolute Gasteiger partial charge is 0.267 e. The molecular weight excluding hydrogens is 353 g/mol. The average Bonchev–Trinajstić information content (AvgIpc) is 3.06. The number of rotatable bonds is 3. The number of amides is 1. The van der Waals surface area contributed by atoms with E-state index in [1.165, 1.54) is 17.0 Å². The van der Waals surface area contributed by atoms with E-state index in [2.05, 4.69) is 10.1 Å². The van der Waals surface area contributed by atoms with E-state index >= 15 is 0 Å². The molecule has 1 fully saturated rings. The first-order chi connectivity index (χ1) is 13.0. The number of aromatic nitrogens is 3. The van der Waals surface area contributed by atoms with Gasteiger partial charge < -0.3 is 14.3 Å². The van der Waals surface area contributed by atoms with Crippen LogP contribution in [0.4, 0.5) is 10.1 Å². The number of piperazine rings is 1. The van der Waals surface area contributed by atoms with Gasteiger partial charge in [0.1, 0.15) is 24.1 Å². The first-order valence-electron chi connectivity index (χ1n) is 8.63. The molecule has 3 aromatic rings. The number of hydrogen-bond acceptors (Lipinski definition) is 6. The van der Waals surface area contributed by atoms with E-state index < -0.39 is 0 Å². The first kappa shape index (κ1) is 17.2. The Morgan fingerprint density at radius 3 is 2.70 bits per heavy atom. The van der Waals surface area contributed by atoms with Crippen LogP contribution < -0.4 is 10.5 Å². The van der Waals surface area contributed by atoms with Crippen LogP contribution in [0.25, 0.3) is 11.1 Å². The lowest BCUT2D eigenvalue weighted by atomic mass is 10.2. The third kappa shape index (κ3) is 3.16. The van der Waals surface area contributed by atoms with Gasteiger partial charge in [-0.25, -0.2) is 9.37 Å². The Kier molecular flexibility index (Phi) is 4.35. The van der Waals surface area contributed by atoms with E-state index in [-0.39, 0.29) is 34.9 Å². The molecule has 0 unspecified atom stereocenters. The molecule has 1 saturated heterocycles. The summed E-state index contributed by atoms with van der Waals surface area (Å²) < 4.78 is 20.1. The number of para-hydroxylation sites is 1. The van der Waals surface area contributed by atoms with E-state index in [4.69, 9.17) is 4.52 Å². The number of anilines is 1. The number of fused-ring (bicyclic) bond motifs is 1. The molecule has 0 N–H and O–H groups in total. The molecule has 140 valence electrons. The second-order valence-corrected chi connectivity index (χ2v) is 6.45. The maximum absolute atomic E-state index is 13.9. The lowest BCUT2D eigenvalue weighted by molar-refractivity contribution is -0.132. The Morgan fingerprint density at radius 2 is 1.96 bits per heavy atom. The van der Waals surface area contributed by atoms with Crippen LogP contribution in [0.1, 0.15) is 5.69 Å². The van der Waals surface area contributed by atoms with Crippen LogP contribution in [0, 0.1) is 12.7 Å². The Balaban J connectivity index is 1.45. The molecule has 8 nitrogen and oxygen atoms in total. The van der Waals surface area contributed by atoms with Gasteiger partial charge in [-0.15, -0.1) is 0 Å². The monoisotopic (exact) mass is 371 g/mol. The Morgan fingerprint density at radius 1 is 1.22 bits per heavy atom. The summed E-state index contributed by atoms with van der Waals surface area (Å²) >= 11 is 0. The van der Waals surface area contributed by atoms with Crippen molar-refractivity contribution in [3.63, 3.8) is 0 Å². The zero-order valence-electron chi connectivity index (χ0n) is 14.8. The summed E-state index contributed by atoms with van der Waals surface area (Å²) in [6, 6.07) is 6.60. The molecule has 1 aliphatic heterocycles. The number of aryl methyl sites for hydroxylation is 1. The third-order valence-corrected chi connectivity index (χ3v) is 4.76. The molecule has 3 heterocycles. The number of nitrogens with zero attached hydrogens (tertiary/aromatic N) is 5. The van der Waals surface area contributed by atoms with Crippen LogP contribution in [0.2, 0.25) is 0 Å². The lowest BCUT2D eigenvalue weighted by Crippen LogP contribution is -2.50. The summed E-state index contributed by atoms with van der Waals surface area (Å²) in [5, 5.41) is 4.02. The molecule has 1 aromatic carbocycles. The van der Waals surface area contributed by atoms with Crippen molar-refractivity contribution in [1.82, 2.24) is 19.6 Å². The Labute approximate surface area is 153 Å². The SMILES string of the molecule is Cc1noc2ncn(CC(=O)N3CCN(c4ccccc4F)CC3)c(=O)c12. The molecule has 2 aromatic heterocycles. The molecule has 1 aliphatic rings. The lowest BCUT2D eigenvalue weighted by Gasteiger charge is -2.36. The second-order valence-electron chi connectivity index (χ2n) is 6.45. The highest BCUT2D eigenvalue weighted by Crippen LogP contribution is 2.20. The maximum Gasteiger partial charge on any atom is 0.267 e. The van der Waals surface area contributed by atoms with Gasteiger partial charge in [-0.1, -0.05) is 17.3 Å². The molecule has 1 amide bonds. The van der Waals surface area contributed by atoms with Gasteiger partial charge in [-0.2, -0.15) is 0 Å². The molecule has 4 rings (SSSR count). The van der Waals surface area contributed by atoms with Crippen LogP contribution in [0.5, 0.6) is 0 Å². The molecule has 27 heavy (non-hydrogen) atoms. The van der Waals surface area contributed by atoms with E-state index in [0.717, 1.165) is 0 Å². The zero-order chi connectivity index (χ0) is 19.0. The van der Waals surface area contributed by atoms with Crippen LogP contribution in [0.15, 0.2) is 39.9 Å². The minimum absolute atomic E-state index is 0.105. The van der Waals surface area contributed by atoms with Gasteiger partial charge in [0.2, 0.25) is 5.91 Å². The van der Waals surface area contributed by atoms with E-state index in [0.29, 0.717) is 37.6 Å². The maximum atomic E-state index is 13.9. The average molecular weight is 371 g/mol. The van der Waals surface area contributed by atoms with Gasteiger partial charge in [-0.05, 0) is 19.1 Å². The van der Waals surface area contributed by atoms with Crippen LogP contribution >= 0.6 is 0 Å². The second kappa shape index (κ2) is 6.82. The molecule has 0 saturated carbocycles. The predicted molar refractivity (Wildman–Crippen MR) is 96.0 cm³/mol. The highest BCUT2D eigenvalue weighted by atomic mass is 19.1. The Hall–Kier alpha value is -3.23. The van der Waals surface area contributed by atoms with Gasteiger partial charge in [0.15, 0.2) is 0 Å². The zero-order valence-corrected chi connectivity index (χ0v) is 14.8. The quantitative estimate of drug-likeness (QED) is 0.687. The van der Waals surface area contributed by atoms with Crippen molar-refractivity contribution in [3.05, 3.63) is 52.5 Å². The predicted octanol–water partition coefficient (Wildman–Crippen LogP) is 1.18. The fraction of sp³-hybridized carbons (Fsp3) is 0.333. The molecule has 9 heteroatoms. The van der Waals surface area contributed by atoms with Crippen molar-refractivity contribution in [1.29, 1.82) is 0 Å². The highest BCUT2D eigenvalue weighted by Gasteiger charge is 2.23. The molecular formula is C18H18FN5O3. The minimum Gasteiger partial charge on any atom is -0.366 e. The van der Waals surface area contributed by atoms with Crippen molar-refractivity contribution in [2.45, 2.75) is 13.5 Å². The van der Waals surface area contributed by atoms with Gasteiger partial charge in [-0.3, -0.25) is 14.2 Å². The summed E-state index contributed by atoms with van der Waals surface area (Å²) in [7, 11) is 0. The Bertz CT molecular complexity index is 1050. The van der Waals surface area contributed by atoms with Crippen LogP contribution in [-0.4, -0.2) is 51.7 Å². The number of hydrogen-bond donors (Lipinski definition) is 0. The third-order valence-electron chi connectivity index (χ3n) is 4.76. The normalized spacial score (nSPS) is 14.7. The minimum atomic E-state index is -0.350. The summed E-state index contributed by atoms with van der Waals surface area (Å²) in [5.41, 5.74) is 0.804. The molecule has 0 spiro atoms. The standard InChI is InChI=1S/C18H18FN5O3/c1-12-16-17(27-21-12)20-11-24(18(16)26)10-15(25)23-8-6-22(7-9-23)14-5-3-2-4-13(14)19/h2-5,11H,6-10H2,1H3. The fourth-order valence-corrected chi connectivity index (χ4v) is 3.27. The molecule has 0 aliphatic carbocycles. The van der Waals surface area contributed by atoms with Crippen molar-refractivity contribution < 1.29 is 13.7 Å². The number of halogens is 1. The number of carbonyl (C=O) groups is 1. The summed E-state index contributed by atoms with van der Waals surface area (Å²) in [5.74, 6) is -0.451. The van der Waals surface area contributed by atoms with Gasteiger partial charge in [0, 0.05) is 26.2 Å². The van der Waals surface area contributed by atoms with Gasteiger partial charge >= 0.3 is 0 Å². The molecule has 0 atom stereocenters. The largest absolute Gasteiger partial charge is 0.366 e. The summed E-state index contributed by atoms with van der Waals surface area (Å²) in [6.07, 6.45) is 1.29. The van der Waals surface area contributed by atoms with Crippen LogP contribution in [-0.2, 0) is 11.3 Å². The van der Waals surface area contributed by atoms with Crippen molar-refractivity contribution in [2.75, 3.05) is 31.1 Å². The van der Waals surface area contributed by atoms with Gasteiger partial charge in [0.05, 0.1) is 11.4 Å². The van der Waals surface area contributed by atoms with E-state index in [9.17, 15) is 14.0 Å². The topological polar surface area (TPSA) is 84.5 Å². The number of benzene rings is 1. The van der Waals surface area contributed by atoms with Crippen LogP contribution in [0.3, 0.4) is 0 Å². The first-order valence-corrected chi connectivity index (χ1v) is 8.63. The fourth-order valence-electron chi connectivity index (χ4n) is 3.27. The summed E-state index contributed by atoms with van der Waals surface area (Å²) in [6.45, 7) is 3.54. The molecule has 0 radical (unpaired) electrons.